The molecule has 1 aliphatic heterocycles. The van der Waals surface area contributed by atoms with Crippen LogP contribution in [0.15, 0.2) is 42.0 Å². The number of pyridine rings is 1. The Hall–Kier alpha value is -2.57. The molecule has 2 aromatic heterocycles. The van der Waals surface area contributed by atoms with E-state index < -0.39 is 0 Å². The number of imidazole rings is 1. The quantitative estimate of drug-likeness (QED) is 0.419. The first kappa shape index (κ1) is 21.1. The van der Waals surface area contributed by atoms with E-state index in [0.717, 1.165) is 50.4 Å². The van der Waals surface area contributed by atoms with Crippen molar-refractivity contribution in [2.45, 2.75) is 52.6 Å². The van der Waals surface area contributed by atoms with Gasteiger partial charge in [-0.05, 0) is 31.7 Å². The van der Waals surface area contributed by atoms with Crippen LogP contribution in [0.3, 0.4) is 0 Å². The van der Waals surface area contributed by atoms with E-state index in [0.29, 0.717) is 31.0 Å². The van der Waals surface area contributed by atoms with Crippen LogP contribution >= 0.6 is 0 Å². The largest absolute Gasteiger partial charge is 0.477 e. The second kappa shape index (κ2) is 10.8. The molecule has 1 saturated heterocycles. The summed E-state index contributed by atoms with van der Waals surface area (Å²) in [5, 5.41) is 3.46. The molecule has 0 amide bonds. The summed E-state index contributed by atoms with van der Waals surface area (Å²) in [6.07, 6.45) is 10.9. The second-order valence-corrected chi connectivity index (χ2v) is 7.63. The maximum Gasteiger partial charge on any atom is 0.218 e. The molecule has 0 aromatic carbocycles. The molecule has 0 spiro atoms. The van der Waals surface area contributed by atoms with Gasteiger partial charge in [0, 0.05) is 43.8 Å². The monoisotopic (exact) mass is 398 g/mol. The molecule has 1 N–H and O–H groups in total. The number of hydrogen-bond acceptors (Lipinski definition) is 4. The van der Waals surface area contributed by atoms with Crippen molar-refractivity contribution in [3.63, 3.8) is 0 Å². The van der Waals surface area contributed by atoms with E-state index in [1.54, 1.807) is 6.20 Å². The van der Waals surface area contributed by atoms with E-state index in [-0.39, 0.29) is 0 Å². The summed E-state index contributed by atoms with van der Waals surface area (Å²) in [7, 11) is 0. The standard InChI is InChI=1S/C22H34N6O/c1-4-6-14-29-21-19(8-7-10-25-21)15-26-22(24-5-2)27-12-9-18(3)20(16-27)28-13-11-23-17-28/h7-8,10-11,13,17-18,20H,4-6,9,12,14-16H2,1-3H3,(H,24,26). The van der Waals surface area contributed by atoms with Gasteiger partial charge in [0.1, 0.15) is 0 Å². The van der Waals surface area contributed by atoms with Gasteiger partial charge < -0.3 is 19.5 Å². The number of hydrogen-bond donors (Lipinski definition) is 1. The minimum atomic E-state index is 0.404. The van der Waals surface area contributed by atoms with Crippen LogP contribution in [0.5, 0.6) is 5.88 Å². The highest BCUT2D eigenvalue weighted by Crippen LogP contribution is 2.27. The normalized spacial score (nSPS) is 20.0. The van der Waals surface area contributed by atoms with Crippen LogP contribution in [-0.4, -0.2) is 51.6 Å². The molecule has 0 saturated carbocycles. The highest BCUT2D eigenvalue weighted by molar-refractivity contribution is 5.80. The van der Waals surface area contributed by atoms with Crippen molar-refractivity contribution in [3.05, 3.63) is 42.6 Å². The average molecular weight is 399 g/mol. The van der Waals surface area contributed by atoms with E-state index >= 15 is 0 Å². The fraction of sp³-hybridized carbons (Fsp3) is 0.591. The van der Waals surface area contributed by atoms with Gasteiger partial charge in [0.15, 0.2) is 5.96 Å². The number of likely N-dealkylation sites (tertiary alicyclic amines) is 1. The van der Waals surface area contributed by atoms with Crippen molar-refractivity contribution in [2.24, 2.45) is 10.9 Å². The Balaban J connectivity index is 1.72. The van der Waals surface area contributed by atoms with Crippen molar-refractivity contribution in [3.8, 4) is 5.88 Å². The lowest BCUT2D eigenvalue weighted by Gasteiger charge is -2.39. The Labute approximate surface area is 174 Å². The van der Waals surface area contributed by atoms with Crippen molar-refractivity contribution in [2.75, 3.05) is 26.2 Å². The number of piperidine rings is 1. The Kier molecular flexibility index (Phi) is 7.90. The van der Waals surface area contributed by atoms with Crippen LogP contribution in [0.4, 0.5) is 0 Å². The summed E-state index contributed by atoms with van der Waals surface area (Å²) in [5.41, 5.74) is 1.02. The number of aliphatic imine (C=N–C) groups is 1. The van der Waals surface area contributed by atoms with Crippen LogP contribution < -0.4 is 10.1 Å². The number of unbranched alkanes of at least 4 members (excludes halogenated alkanes) is 1. The van der Waals surface area contributed by atoms with E-state index in [9.17, 15) is 0 Å². The third-order valence-electron chi connectivity index (χ3n) is 5.45. The molecule has 0 aliphatic carbocycles. The number of guanidine groups is 1. The zero-order valence-electron chi connectivity index (χ0n) is 17.9. The Morgan fingerprint density at radius 2 is 2.24 bits per heavy atom. The second-order valence-electron chi connectivity index (χ2n) is 7.63. The first-order valence-electron chi connectivity index (χ1n) is 10.8. The number of aromatic nitrogens is 3. The summed E-state index contributed by atoms with van der Waals surface area (Å²) < 4.78 is 8.09. The summed E-state index contributed by atoms with van der Waals surface area (Å²) in [6.45, 7) is 10.6. The predicted octanol–water partition coefficient (Wildman–Crippen LogP) is 3.51. The van der Waals surface area contributed by atoms with E-state index in [1.165, 1.54) is 0 Å². The Morgan fingerprint density at radius 3 is 3.00 bits per heavy atom. The van der Waals surface area contributed by atoms with Crippen LogP contribution in [0, 0.1) is 5.92 Å². The number of ether oxygens (including phenoxy) is 1. The minimum Gasteiger partial charge on any atom is -0.477 e. The van der Waals surface area contributed by atoms with Crippen molar-refractivity contribution >= 4 is 5.96 Å². The molecular weight excluding hydrogens is 364 g/mol. The fourth-order valence-corrected chi connectivity index (χ4v) is 3.67. The highest BCUT2D eigenvalue weighted by Gasteiger charge is 2.28. The molecule has 2 unspecified atom stereocenters. The van der Waals surface area contributed by atoms with Crippen LogP contribution in [0.1, 0.15) is 51.6 Å². The Bertz CT molecular complexity index is 760. The Morgan fingerprint density at radius 1 is 1.34 bits per heavy atom. The van der Waals surface area contributed by atoms with E-state index in [4.69, 9.17) is 9.73 Å². The smallest absolute Gasteiger partial charge is 0.218 e. The first-order chi connectivity index (χ1) is 14.2. The molecule has 0 bridgehead atoms. The van der Waals surface area contributed by atoms with Gasteiger partial charge in [-0.25, -0.2) is 15.0 Å². The van der Waals surface area contributed by atoms with Gasteiger partial charge >= 0.3 is 0 Å². The molecule has 0 radical (unpaired) electrons. The van der Waals surface area contributed by atoms with Crippen molar-refractivity contribution < 1.29 is 4.74 Å². The zero-order valence-corrected chi connectivity index (χ0v) is 17.9. The summed E-state index contributed by atoms with van der Waals surface area (Å²) in [5.74, 6) is 2.26. The van der Waals surface area contributed by atoms with Crippen LogP contribution in [-0.2, 0) is 6.54 Å². The van der Waals surface area contributed by atoms with Gasteiger partial charge in [0.05, 0.1) is 25.5 Å². The average Bonchev–Trinajstić information content (AvgIpc) is 3.27. The number of nitrogens with zero attached hydrogens (tertiary/aromatic N) is 5. The van der Waals surface area contributed by atoms with Gasteiger partial charge in [-0.15, -0.1) is 0 Å². The molecule has 7 nitrogen and oxygen atoms in total. The molecule has 1 fully saturated rings. The third kappa shape index (κ3) is 5.71. The molecule has 2 atom stereocenters. The maximum absolute atomic E-state index is 5.87. The van der Waals surface area contributed by atoms with E-state index in [1.807, 2.05) is 24.7 Å². The fourth-order valence-electron chi connectivity index (χ4n) is 3.67. The van der Waals surface area contributed by atoms with Crippen molar-refractivity contribution in [1.29, 1.82) is 0 Å². The molecule has 158 valence electrons. The van der Waals surface area contributed by atoms with Gasteiger partial charge in [-0.1, -0.05) is 26.3 Å². The molecule has 29 heavy (non-hydrogen) atoms. The third-order valence-corrected chi connectivity index (χ3v) is 5.45. The van der Waals surface area contributed by atoms with Gasteiger partial charge in [-0.3, -0.25) is 0 Å². The number of nitrogens with one attached hydrogen (secondary N) is 1. The first-order valence-corrected chi connectivity index (χ1v) is 10.8. The predicted molar refractivity (Wildman–Crippen MR) is 116 cm³/mol. The van der Waals surface area contributed by atoms with Crippen molar-refractivity contribution in [1.82, 2.24) is 24.8 Å². The SMILES string of the molecule is CCCCOc1ncccc1CN=C(NCC)N1CCC(C)C(n2ccnc2)C1. The van der Waals surface area contributed by atoms with Gasteiger partial charge in [0.2, 0.25) is 5.88 Å². The van der Waals surface area contributed by atoms with Gasteiger partial charge in [0.25, 0.3) is 0 Å². The number of rotatable bonds is 8. The lowest BCUT2D eigenvalue weighted by Crippen LogP contribution is -2.49. The van der Waals surface area contributed by atoms with Crippen LogP contribution in [0.2, 0.25) is 0 Å². The molecular formula is C22H34N6O. The summed E-state index contributed by atoms with van der Waals surface area (Å²) >= 11 is 0. The lowest BCUT2D eigenvalue weighted by atomic mass is 9.93. The lowest BCUT2D eigenvalue weighted by molar-refractivity contribution is 0.189. The molecule has 3 rings (SSSR count). The van der Waals surface area contributed by atoms with Crippen LogP contribution in [0.25, 0.3) is 0 Å². The molecule has 1 aliphatic rings. The maximum atomic E-state index is 5.87. The van der Waals surface area contributed by atoms with E-state index in [2.05, 4.69) is 51.7 Å². The summed E-state index contributed by atoms with van der Waals surface area (Å²) in [6, 6.07) is 4.40. The zero-order chi connectivity index (χ0) is 20.5. The van der Waals surface area contributed by atoms with Gasteiger partial charge in [-0.2, -0.15) is 0 Å². The minimum absolute atomic E-state index is 0.404. The molecule has 7 heteroatoms. The topological polar surface area (TPSA) is 67.6 Å². The molecule has 3 heterocycles. The molecule has 2 aromatic rings. The highest BCUT2D eigenvalue weighted by atomic mass is 16.5. The summed E-state index contributed by atoms with van der Waals surface area (Å²) in [4.78, 5) is 15.9.